The predicted molar refractivity (Wildman–Crippen MR) is 112 cm³/mol. The number of hydrogen-bond acceptors (Lipinski definition) is 5. The maximum Gasteiger partial charge on any atom is 0.263 e. The fourth-order valence-corrected chi connectivity index (χ4v) is 3.53. The van der Waals surface area contributed by atoms with E-state index in [-0.39, 0.29) is 18.3 Å². The van der Waals surface area contributed by atoms with Gasteiger partial charge in [-0.1, -0.05) is 42.6 Å². The number of amides is 1. The molecule has 1 aromatic heterocycles. The highest BCUT2D eigenvalue weighted by Crippen LogP contribution is 2.22. The van der Waals surface area contributed by atoms with Crippen molar-refractivity contribution in [3.8, 4) is 11.6 Å². The first-order valence-electron chi connectivity index (χ1n) is 10.1. The van der Waals surface area contributed by atoms with Crippen molar-refractivity contribution in [2.24, 2.45) is 10.9 Å². The number of nitrogens with two attached hydrogens (primary N) is 1. The molecule has 1 aliphatic rings. The number of aromatic nitrogens is 1. The van der Waals surface area contributed by atoms with Gasteiger partial charge in [0, 0.05) is 30.4 Å². The van der Waals surface area contributed by atoms with Crippen LogP contribution >= 0.6 is 0 Å². The van der Waals surface area contributed by atoms with E-state index in [1.54, 1.807) is 18.3 Å². The van der Waals surface area contributed by atoms with Crippen LogP contribution in [0.25, 0.3) is 0 Å². The highest BCUT2D eigenvalue weighted by molar-refractivity contribution is 5.96. The van der Waals surface area contributed by atoms with Gasteiger partial charge in [0.1, 0.15) is 5.75 Å². The van der Waals surface area contributed by atoms with Gasteiger partial charge in [0.15, 0.2) is 12.4 Å². The second-order valence-electron chi connectivity index (χ2n) is 7.02. The lowest BCUT2D eigenvalue weighted by molar-refractivity contribution is -0.138. The number of ether oxygens (including phenoxy) is 1. The number of rotatable bonds is 8. The van der Waals surface area contributed by atoms with Gasteiger partial charge in [-0.05, 0) is 38.0 Å². The zero-order chi connectivity index (χ0) is 20.5. The van der Waals surface area contributed by atoms with Gasteiger partial charge in [-0.3, -0.25) is 4.79 Å². The molecule has 0 unspecified atom stereocenters. The molecule has 1 heterocycles. The van der Waals surface area contributed by atoms with Crippen molar-refractivity contribution < 1.29 is 14.4 Å². The third-order valence-corrected chi connectivity index (χ3v) is 5.03. The summed E-state index contributed by atoms with van der Waals surface area (Å²) >= 11 is 0. The molecule has 0 radical (unpaired) electrons. The molecule has 154 valence electrons. The predicted octanol–water partition coefficient (Wildman–Crippen LogP) is 3.69. The maximum absolute atomic E-state index is 12.5. The van der Waals surface area contributed by atoms with Crippen molar-refractivity contribution in [1.82, 2.24) is 9.88 Å². The molecule has 7 heteroatoms. The zero-order valence-corrected chi connectivity index (χ0v) is 16.8. The Kier molecular flexibility index (Phi) is 7.44. The van der Waals surface area contributed by atoms with E-state index in [4.69, 9.17) is 15.3 Å². The minimum Gasteiger partial charge on any atom is -0.439 e. The molecule has 0 saturated heterocycles. The van der Waals surface area contributed by atoms with E-state index < -0.39 is 0 Å². The fraction of sp³-hybridized carbons (Fsp3) is 0.409. The number of carbonyl (C=O) groups is 1. The van der Waals surface area contributed by atoms with Crippen LogP contribution in [0, 0.1) is 0 Å². The summed E-state index contributed by atoms with van der Waals surface area (Å²) in [4.78, 5) is 23.8. The third kappa shape index (κ3) is 5.94. The summed E-state index contributed by atoms with van der Waals surface area (Å²) < 4.78 is 5.65. The minimum atomic E-state index is -0.117. The number of pyridine rings is 1. The highest BCUT2D eigenvalue weighted by atomic mass is 16.6. The highest BCUT2D eigenvalue weighted by Gasteiger charge is 2.24. The number of amidine groups is 1. The monoisotopic (exact) mass is 396 g/mol. The van der Waals surface area contributed by atoms with Crippen molar-refractivity contribution in [2.75, 3.05) is 13.2 Å². The second-order valence-corrected chi connectivity index (χ2v) is 7.02. The van der Waals surface area contributed by atoms with Crippen LogP contribution in [0.3, 0.4) is 0 Å². The molecule has 1 aromatic carbocycles. The van der Waals surface area contributed by atoms with E-state index in [9.17, 15) is 4.79 Å². The first-order valence-corrected chi connectivity index (χ1v) is 10.1. The summed E-state index contributed by atoms with van der Waals surface area (Å²) in [5.41, 5.74) is 6.55. The van der Waals surface area contributed by atoms with Gasteiger partial charge in [-0.2, -0.15) is 0 Å². The average Bonchev–Trinajstić information content (AvgIpc) is 2.76. The van der Waals surface area contributed by atoms with Crippen molar-refractivity contribution in [3.05, 3.63) is 54.2 Å². The molecule has 7 nitrogen and oxygen atoms in total. The number of para-hydroxylation sites is 1. The molecule has 1 saturated carbocycles. The lowest BCUT2D eigenvalue weighted by Gasteiger charge is -2.33. The number of carbonyl (C=O) groups excluding carboxylic acids is 1. The van der Waals surface area contributed by atoms with E-state index in [1.165, 1.54) is 19.3 Å². The summed E-state index contributed by atoms with van der Waals surface area (Å²) in [6.07, 6.45) is 7.29. The Balaban J connectivity index is 1.51. The fourth-order valence-electron chi connectivity index (χ4n) is 3.53. The number of benzene rings is 1. The van der Waals surface area contributed by atoms with Crippen LogP contribution < -0.4 is 10.5 Å². The summed E-state index contributed by atoms with van der Waals surface area (Å²) in [5.74, 6) is 1.27. The number of likely N-dealkylation sites (N-methyl/N-ethyl adjacent to an activating group) is 1. The van der Waals surface area contributed by atoms with Gasteiger partial charge in [0.2, 0.25) is 5.88 Å². The maximum atomic E-state index is 12.5. The minimum absolute atomic E-state index is 0.0549. The van der Waals surface area contributed by atoms with Gasteiger partial charge in [-0.25, -0.2) is 4.98 Å². The molecular formula is C22H28N4O3. The van der Waals surface area contributed by atoms with Gasteiger partial charge >= 0.3 is 0 Å². The molecule has 0 spiro atoms. The average molecular weight is 396 g/mol. The Morgan fingerprint density at radius 1 is 1.17 bits per heavy atom. The summed E-state index contributed by atoms with van der Waals surface area (Å²) in [7, 11) is 0. The first-order chi connectivity index (χ1) is 14.2. The molecule has 1 fully saturated rings. The lowest BCUT2D eigenvalue weighted by atomic mass is 9.94. The van der Waals surface area contributed by atoms with Gasteiger partial charge in [0.25, 0.3) is 5.91 Å². The molecule has 1 amide bonds. The molecule has 29 heavy (non-hydrogen) atoms. The zero-order valence-electron chi connectivity index (χ0n) is 16.8. The quantitative estimate of drug-likeness (QED) is 0.417. The van der Waals surface area contributed by atoms with Crippen LogP contribution in [0.2, 0.25) is 0 Å². The molecular weight excluding hydrogens is 368 g/mol. The van der Waals surface area contributed by atoms with Crippen LogP contribution in [-0.4, -0.2) is 40.8 Å². The Morgan fingerprint density at radius 3 is 2.59 bits per heavy atom. The SMILES string of the molecule is CCN(C(=O)CO/N=C(/N)c1ccc(Oc2ccccc2)nc1)C1CCCCC1. The van der Waals surface area contributed by atoms with Gasteiger partial charge < -0.3 is 20.2 Å². The molecule has 3 rings (SSSR count). The number of nitrogens with zero attached hydrogens (tertiary/aromatic N) is 3. The second kappa shape index (κ2) is 10.5. The van der Waals surface area contributed by atoms with E-state index in [0.29, 0.717) is 29.8 Å². The largest absolute Gasteiger partial charge is 0.439 e. The van der Waals surface area contributed by atoms with Crippen molar-refractivity contribution in [1.29, 1.82) is 0 Å². The van der Waals surface area contributed by atoms with Crippen molar-refractivity contribution in [3.63, 3.8) is 0 Å². The lowest BCUT2D eigenvalue weighted by Crippen LogP contribution is -2.43. The summed E-state index contributed by atoms with van der Waals surface area (Å²) in [6.45, 7) is 2.56. The van der Waals surface area contributed by atoms with E-state index >= 15 is 0 Å². The first kappa shape index (κ1) is 20.6. The number of oxime groups is 1. The standard InChI is InChI=1S/C22H28N4O3/c1-2-26(18-9-5-3-6-10-18)21(27)16-28-25-22(23)17-13-14-20(24-15-17)29-19-11-7-4-8-12-19/h4,7-8,11-15,18H,2-3,5-6,9-10,16H2,1H3,(H2,23,25). The summed E-state index contributed by atoms with van der Waals surface area (Å²) in [6, 6.07) is 13.2. The van der Waals surface area contributed by atoms with E-state index in [2.05, 4.69) is 10.1 Å². The van der Waals surface area contributed by atoms with Crippen LogP contribution in [0.15, 0.2) is 53.8 Å². The molecule has 2 N–H and O–H groups in total. The van der Waals surface area contributed by atoms with E-state index in [0.717, 1.165) is 12.8 Å². The molecule has 0 bridgehead atoms. The van der Waals surface area contributed by atoms with Crippen molar-refractivity contribution in [2.45, 2.75) is 45.1 Å². The Labute approximate surface area is 171 Å². The van der Waals surface area contributed by atoms with Crippen LogP contribution in [-0.2, 0) is 9.63 Å². The number of hydrogen-bond donors (Lipinski definition) is 1. The van der Waals surface area contributed by atoms with Crippen LogP contribution in [0.4, 0.5) is 0 Å². The third-order valence-electron chi connectivity index (χ3n) is 5.03. The van der Waals surface area contributed by atoms with Gasteiger partial charge in [-0.15, -0.1) is 0 Å². The van der Waals surface area contributed by atoms with Gasteiger partial charge in [0.05, 0.1) is 0 Å². The molecule has 1 aliphatic carbocycles. The van der Waals surface area contributed by atoms with Crippen molar-refractivity contribution >= 4 is 11.7 Å². The molecule has 0 aliphatic heterocycles. The normalized spacial score (nSPS) is 15.0. The van der Waals surface area contributed by atoms with E-state index in [1.807, 2.05) is 42.2 Å². The Hall–Kier alpha value is -3.09. The summed E-state index contributed by atoms with van der Waals surface area (Å²) in [5, 5.41) is 3.88. The Morgan fingerprint density at radius 2 is 1.93 bits per heavy atom. The Bertz CT molecular complexity index is 803. The molecule has 0 atom stereocenters. The smallest absolute Gasteiger partial charge is 0.263 e. The molecule has 2 aromatic rings. The van der Waals surface area contributed by atoms with Crippen LogP contribution in [0.1, 0.15) is 44.6 Å². The topological polar surface area (TPSA) is 90.0 Å². The van der Waals surface area contributed by atoms with Crippen LogP contribution in [0.5, 0.6) is 11.6 Å².